The van der Waals surface area contributed by atoms with Crippen molar-refractivity contribution in [2.45, 2.75) is 71.8 Å². The number of aromatic amines is 1. The molecule has 3 aromatic rings. The van der Waals surface area contributed by atoms with E-state index in [0.29, 0.717) is 12.0 Å². The van der Waals surface area contributed by atoms with Gasteiger partial charge in [-0.15, -0.1) is 0 Å². The van der Waals surface area contributed by atoms with E-state index in [-0.39, 0.29) is 6.03 Å². The maximum absolute atomic E-state index is 12.2. The van der Waals surface area contributed by atoms with Crippen LogP contribution < -0.4 is 16.0 Å². The second kappa shape index (κ2) is 11.6. The maximum Gasteiger partial charge on any atom is 0.319 e. The van der Waals surface area contributed by atoms with E-state index in [2.05, 4.69) is 65.1 Å². The zero-order chi connectivity index (χ0) is 23.9. The molecule has 0 spiro atoms. The molecule has 0 bridgehead atoms. The highest BCUT2D eigenvalue weighted by Gasteiger charge is 2.22. The third kappa shape index (κ3) is 6.20. The molecule has 7 nitrogen and oxygen atoms in total. The third-order valence-corrected chi connectivity index (χ3v) is 6.82. The minimum Gasteiger partial charge on any atom is -0.358 e. The van der Waals surface area contributed by atoms with Gasteiger partial charge in [-0.3, -0.25) is 4.68 Å². The van der Waals surface area contributed by atoms with Crippen molar-refractivity contribution in [1.82, 2.24) is 25.4 Å². The van der Waals surface area contributed by atoms with Crippen molar-refractivity contribution in [3.05, 3.63) is 47.4 Å². The fraction of sp³-hybridized carbons (Fsp3) is 0.556. The fourth-order valence-electron chi connectivity index (χ4n) is 4.82. The zero-order valence-corrected chi connectivity index (χ0v) is 20.9. The molecule has 184 valence electrons. The van der Waals surface area contributed by atoms with Gasteiger partial charge in [-0.2, -0.15) is 5.10 Å². The summed E-state index contributed by atoms with van der Waals surface area (Å²) in [7, 11) is 0. The highest BCUT2D eigenvalue weighted by atomic mass is 16.2. The zero-order valence-electron chi connectivity index (χ0n) is 20.9. The molecule has 1 aliphatic carbocycles. The summed E-state index contributed by atoms with van der Waals surface area (Å²) >= 11 is 0. The first-order chi connectivity index (χ1) is 16.5. The first-order valence-corrected chi connectivity index (χ1v) is 13.0. The molecule has 7 heteroatoms. The van der Waals surface area contributed by atoms with Gasteiger partial charge in [-0.05, 0) is 94.3 Å². The molecular formula is C27H40N6O. The van der Waals surface area contributed by atoms with Crippen LogP contribution in [-0.4, -0.2) is 40.4 Å². The summed E-state index contributed by atoms with van der Waals surface area (Å²) in [5, 5.41) is 15.3. The van der Waals surface area contributed by atoms with Gasteiger partial charge in [0.2, 0.25) is 0 Å². The summed E-state index contributed by atoms with van der Waals surface area (Å²) in [6, 6.07) is 6.48. The average molecular weight is 465 g/mol. The van der Waals surface area contributed by atoms with Gasteiger partial charge in [0.05, 0.1) is 6.20 Å². The van der Waals surface area contributed by atoms with Crippen molar-refractivity contribution < 1.29 is 4.79 Å². The number of H-pyrrole nitrogens is 1. The number of unbranched alkanes of at least 4 members (excludes halogenated alkanes) is 2. The van der Waals surface area contributed by atoms with Crippen molar-refractivity contribution in [2.24, 2.45) is 5.92 Å². The van der Waals surface area contributed by atoms with Crippen LogP contribution in [0.3, 0.4) is 0 Å². The van der Waals surface area contributed by atoms with Crippen LogP contribution in [0.15, 0.2) is 30.6 Å². The Morgan fingerprint density at radius 2 is 2.15 bits per heavy atom. The number of aromatic nitrogens is 3. The number of nitrogens with one attached hydrogen (secondary N) is 4. The summed E-state index contributed by atoms with van der Waals surface area (Å²) in [5.41, 5.74) is 6.07. The standard InChI is InChI=1S/C27H40N6O/c1-4-5-6-12-29-27(34)31-22-8-10-26-24(15-22)23-14-20(7-9-25(23)32-26)16-28-13-11-21-17-30-33(18-21)19(2)3/h8,10,15,17-20,28,32H,4-7,9,11-14,16H2,1-3H3,(H2,29,31,34). The van der Waals surface area contributed by atoms with E-state index >= 15 is 0 Å². The molecule has 0 saturated heterocycles. The molecule has 0 aliphatic heterocycles. The molecular weight excluding hydrogens is 424 g/mol. The van der Waals surface area contributed by atoms with Crippen LogP contribution in [0.4, 0.5) is 10.5 Å². The molecule has 2 heterocycles. The number of nitrogens with zero attached hydrogens (tertiary/aromatic N) is 2. The number of carbonyl (C=O) groups excluding carboxylic acids is 1. The van der Waals surface area contributed by atoms with Crippen molar-refractivity contribution in [3.8, 4) is 0 Å². The van der Waals surface area contributed by atoms with Gasteiger partial charge >= 0.3 is 6.03 Å². The first kappa shape index (κ1) is 24.3. The van der Waals surface area contributed by atoms with Crippen LogP contribution in [-0.2, 0) is 19.3 Å². The average Bonchev–Trinajstić information content (AvgIpc) is 3.44. The third-order valence-electron chi connectivity index (χ3n) is 6.82. The number of hydrogen-bond donors (Lipinski definition) is 4. The fourth-order valence-corrected chi connectivity index (χ4v) is 4.82. The minimum atomic E-state index is -0.124. The van der Waals surface area contributed by atoms with Gasteiger partial charge < -0.3 is 20.9 Å². The molecule has 1 unspecified atom stereocenters. The predicted octanol–water partition coefficient (Wildman–Crippen LogP) is 5.19. The Labute approximate surface area is 203 Å². The molecule has 1 aliphatic rings. The van der Waals surface area contributed by atoms with Gasteiger partial charge in [0.15, 0.2) is 0 Å². The highest BCUT2D eigenvalue weighted by Crippen LogP contribution is 2.33. The van der Waals surface area contributed by atoms with E-state index in [4.69, 9.17) is 0 Å². The Kier molecular flexibility index (Phi) is 8.27. The topological polar surface area (TPSA) is 86.8 Å². The Balaban J connectivity index is 1.30. The second-order valence-corrected chi connectivity index (χ2v) is 9.92. The lowest BCUT2D eigenvalue weighted by Gasteiger charge is -2.23. The molecule has 0 radical (unpaired) electrons. The Hall–Kier alpha value is -2.80. The maximum atomic E-state index is 12.2. The van der Waals surface area contributed by atoms with E-state index < -0.39 is 0 Å². The molecule has 0 saturated carbocycles. The molecule has 2 amide bonds. The molecule has 1 aromatic carbocycles. The van der Waals surface area contributed by atoms with Crippen molar-refractivity contribution in [1.29, 1.82) is 0 Å². The van der Waals surface area contributed by atoms with Gasteiger partial charge in [-0.25, -0.2) is 4.79 Å². The number of carbonyl (C=O) groups is 1. The number of urea groups is 1. The lowest BCUT2D eigenvalue weighted by Crippen LogP contribution is -2.29. The van der Waals surface area contributed by atoms with Crippen LogP contribution in [0.5, 0.6) is 0 Å². The molecule has 0 fully saturated rings. The van der Waals surface area contributed by atoms with E-state index in [1.54, 1.807) is 0 Å². The number of benzene rings is 1. The monoisotopic (exact) mass is 464 g/mol. The lowest BCUT2D eigenvalue weighted by atomic mass is 9.86. The number of anilines is 1. The number of fused-ring (bicyclic) bond motifs is 3. The molecule has 4 rings (SSSR count). The van der Waals surface area contributed by atoms with Crippen LogP contribution in [0, 0.1) is 5.92 Å². The van der Waals surface area contributed by atoms with Gasteiger partial charge in [0.1, 0.15) is 0 Å². The highest BCUT2D eigenvalue weighted by molar-refractivity contribution is 5.94. The molecule has 34 heavy (non-hydrogen) atoms. The van der Waals surface area contributed by atoms with Gasteiger partial charge in [0, 0.05) is 41.1 Å². The molecule has 4 N–H and O–H groups in total. The van der Waals surface area contributed by atoms with E-state index in [1.165, 1.54) is 28.6 Å². The Morgan fingerprint density at radius 3 is 2.94 bits per heavy atom. The number of aryl methyl sites for hydroxylation is 1. The number of hydrogen-bond acceptors (Lipinski definition) is 3. The van der Waals surface area contributed by atoms with E-state index in [0.717, 1.165) is 69.4 Å². The van der Waals surface area contributed by atoms with E-state index in [9.17, 15) is 4.79 Å². The SMILES string of the molecule is CCCCCNC(=O)Nc1ccc2[nH]c3c(c2c1)CC(CNCCc1cnn(C(C)C)c1)CC3. The Bertz CT molecular complexity index is 1080. The summed E-state index contributed by atoms with van der Waals surface area (Å²) in [6.45, 7) is 9.19. The first-order valence-electron chi connectivity index (χ1n) is 13.0. The molecule has 2 aromatic heterocycles. The molecule has 1 atom stereocenters. The van der Waals surface area contributed by atoms with Crippen molar-refractivity contribution in [2.75, 3.05) is 25.0 Å². The smallest absolute Gasteiger partial charge is 0.319 e. The number of amides is 2. The lowest BCUT2D eigenvalue weighted by molar-refractivity contribution is 0.252. The van der Waals surface area contributed by atoms with Crippen molar-refractivity contribution in [3.63, 3.8) is 0 Å². The summed E-state index contributed by atoms with van der Waals surface area (Å²) in [4.78, 5) is 15.8. The van der Waals surface area contributed by atoms with Crippen LogP contribution >= 0.6 is 0 Å². The minimum absolute atomic E-state index is 0.124. The number of rotatable bonds is 11. The Morgan fingerprint density at radius 1 is 1.26 bits per heavy atom. The van der Waals surface area contributed by atoms with Gasteiger partial charge in [-0.1, -0.05) is 19.8 Å². The van der Waals surface area contributed by atoms with Crippen LogP contribution in [0.1, 0.15) is 69.3 Å². The largest absolute Gasteiger partial charge is 0.358 e. The predicted molar refractivity (Wildman–Crippen MR) is 140 cm³/mol. The second-order valence-electron chi connectivity index (χ2n) is 9.92. The van der Waals surface area contributed by atoms with E-state index in [1.807, 2.05) is 16.9 Å². The van der Waals surface area contributed by atoms with Gasteiger partial charge in [0.25, 0.3) is 0 Å². The van der Waals surface area contributed by atoms with Crippen molar-refractivity contribution >= 4 is 22.6 Å². The summed E-state index contributed by atoms with van der Waals surface area (Å²) < 4.78 is 2.02. The normalized spacial score (nSPS) is 15.6. The quantitative estimate of drug-likeness (QED) is 0.294. The summed E-state index contributed by atoms with van der Waals surface area (Å²) in [5.74, 6) is 0.628. The van der Waals surface area contributed by atoms with Crippen LogP contribution in [0.2, 0.25) is 0 Å². The summed E-state index contributed by atoms with van der Waals surface area (Å²) in [6.07, 6.45) is 11.8. The van der Waals surface area contributed by atoms with Crippen LogP contribution in [0.25, 0.3) is 10.9 Å².